The quantitative estimate of drug-likeness (QED) is 0.377. The van der Waals surface area contributed by atoms with Gasteiger partial charge in [0.15, 0.2) is 0 Å². The second-order valence-corrected chi connectivity index (χ2v) is 1.16. The first-order valence-corrected chi connectivity index (χ1v) is 2.73. The lowest BCUT2D eigenvalue weighted by Crippen LogP contribution is -2.04. The van der Waals surface area contributed by atoms with E-state index in [1.165, 1.54) is 0 Å². The van der Waals surface area contributed by atoms with Crippen LogP contribution in [0.2, 0.25) is 0 Å². The van der Waals surface area contributed by atoms with E-state index in [1.54, 1.807) is 0 Å². The third-order valence-electron chi connectivity index (χ3n) is 0.336. The Morgan fingerprint density at radius 1 is 1.50 bits per heavy atom. The van der Waals surface area contributed by atoms with Crippen molar-refractivity contribution in [2.75, 3.05) is 13.7 Å². The highest BCUT2D eigenvalue weighted by molar-refractivity contribution is 5.84. The molecule has 0 unspecified atom stereocenters. The first-order chi connectivity index (χ1) is 5.54. The molecule has 0 radical (unpaired) electrons. The Morgan fingerprint density at radius 3 is 1.67 bits per heavy atom. The highest BCUT2D eigenvalue weighted by Gasteiger charge is 1.82. The molecule has 12 heavy (non-hydrogen) atoms. The third kappa shape index (κ3) is 73.5. The maximum atomic E-state index is 9.47. The summed E-state index contributed by atoms with van der Waals surface area (Å²) in [6, 6.07) is 0. The first kappa shape index (κ1) is 16.9. The molecule has 0 saturated carbocycles. The molecule has 0 aliphatic heterocycles. The molecule has 0 rings (SSSR count). The molecular formula is C6H13NO5. The van der Waals surface area contributed by atoms with Crippen molar-refractivity contribution in [3.8, 4) is 0 Å². The smallest absolute Gasteiger partial charge is 0.329 e. The lowest BCUT2D eigenvalue weighted by Gasteiger charge is -1.72. The SMILES string of the molecule is C=CC(N)=O.CO.O=C(O)CO. The average molecular weight is 179 g/mol. The Morgan fingerprint density at radius 2 is 1.67 bits per heavy atom. The van der Waals surface area contributed by atoms with Gasteiger partial charge in [0.25, 0.3) is 0 Å². The van der Waals surface area contributed by atoms with E-state index in [9.17, 15) is 4.79 Å². The van der Waals surface area contributed by atoms with E-state index >= 15 is 0 Å². The zero-order chi connectivity index (χ0) is 10.6. The van der Waals surface area contributed by atoms with Crippen molar-refractivity contribution >= 4 is 11.9 Å². The molecule has 0 saturated heterocycles. The minimum absolute atomic E-state index is 0.481. The minimum atomic E-state index is -1.19. The molecule has 0 bridgehead atoms. The van der Waals surface area contributed by atoms with Gasteiger partial charge in [-0.2, -0.15) is 0 Å². The first-order valence-electron chi connectivity index (χ1n) is 2.73. The Bertz CT molecular complexity index is 134. The minimum Gasteiger partial charge on any atom is -0.480 e. The Labute approximate surface area is 69.9 Å². The van der Waals surface area contributed by atoms with E-state index in [0.29, 0.717) is 0 Å². The maximum Gasteiger partial charge on any atom is 0.329 e. The van der Waals surface area contributed by atoms with Gasteiger partial charge in [-0.15, -0.1) is 0 Å². The number of amides is 1. The van der Waals surface area contributed by atoms with Crippen LogP contribution in [0.5, 0.6) is 0 Å². The van der Waals surface area contributed by atoms with E-state index in [-0.39, 0.29) is 0 Å². The number of carboxylic acid groups (broad SMARTS) is 1. The summed E-state index contributed by atoms with van der Waals surface area (Å²) in [5.41, 5.74) is 4.53. The van der Waals surface area contributed by atoms with Gasteiger partial charge in [0.2, 0.25) is 5.91 Å². The van der Waals surface area contributed by atoms with Crippen molar-refractivity contribution in [1.29, 1.82) is 0 Å². The second-order valence-electron chi connectivity index (χ2n) is 1.16. The Balaban J connectivity index is -0.000000112. The highest BCUT2D eigenvalue weighted by atomic mass is 16.4. The lowest BCUT2D eigenvalue weighted by molar-refractivity contribution is -0.140. The average Bonchev–Trinajstić information content (AvgIpc) is 2.09. The van der Waals surface area contributed by atoms with Gasteiger partial charge >= 0.3 is 5.97 Å². The number of aliphatic carboxylic acids is 1. The molecule has 0 heterocycles. The molecule has 0 aromatic rings. The lowest BCUT2D eigenvalue weighted by atomic mass is 10.6. The van der Waals surface area contributed by atoms with Crippen LogP contribution in [0.1, 0.15) is 0 Å². The van der Waals surface area contributed by atoms with Gasteiger partial charge < -0.3 is 21.1 Å². The molecule has 6 nitrogen and oxygen atoms in total. The molecule has 1 amide bonds. The topological polar surface area (TPSA) is 121 Å². The summed E-state index contributed by atoms with van der Waals surface area (Å²) in [4.78, 5) is 18.6. The van der Waals surface area contributed by atoms with E-state index < -0.39 is 18.5 Å². The molecular weight excluding hydrogens is 166 g/mol. The van der Waals surface area contributed by atoms with Gasteiger partial charge in [0, 0.05) is 7.11 Å². The van der Waals surface area contributed by atoms with Crippen LogP contribution in [0.4, 0.5) is 0 Å². The molecule has 0 atom stereocenters. The van der Waals surface area contributed by atoms with E-state index in [4.69, 9.17) is 20.1 Å². The van der Waals surface area contributed by atoms with Crippen molar-refractivity contribution in [2.45, 2.75) is 0 Å². The highest BCUT2D eigenvalue weighted by Crippen LogP contribution is 1.49. The van der Waals surface area contributed by atoms with Crippen LogP contribution in [0.15, 0.2) is 12.7 Å². The Hall–Kier alpha value is -1.40. The van der Waals surface area contributed by atoms with Crippen LogP contribution in [0, 0.1) is 0 Å². The van der Waals surface area contributed by atoms with Crippen molar-refractivity contribution in [1.82, 2.24) is 0 Å². The number of hydrogen-bond donors (Lipinski definition) is 4. The molecule has 0 spiro atoms. The number of carbonyl (C=O) groups excluding carboxylic acids is 1. The van der Waals surface area contributed by atoms with Crippen LogP contribution in [-0.2, 0) is 9.59 Å². The van der Waals surface area contributed by atoms with E-state index in [0.717, 1.165) is 13.2 Å². The number of aliphatic hydroxyl groups excluding tert-OH is 2. The van der Waals surface area contributed by atoms with Crippen molar-refractivity contribution in [2.24, 2.45) is 5.73 Å². The molecule has 6 heteroatoms. The number of hydrogen-bond acceptors (Lipinski definition) is 4. The number of nitrogens with two attached hydrogens (primary N) is 1. The summed E-state index contributed by atoms with van der Waals surface area (Å²) >= 11 is 0. The van der Waals surface area contributed by atoms with E-state index in [2.05, 4.69) is 12.3 Å². The molecule has 5 N–H and O–H groups in total. The van der Waals surface area contributed by atoms with Gasteiger partial charge in [-0.05, 0) is 6.08 Å². The van der Waals surface area contributed by atoms with Crippen molar-refractivity contribution in [3.63, 3.8) is 0 Å². The summed E-state index contributed by atoms with van der Waals surface area (Å²) in [7, 11) is 1.00. The van der Waals surface area contributed by atoms with Gasteiger partial charge in [-0.1, -0.05) is 6.58 Å². The van der Waals surface area contributed by atoms with Crippen LogP contribution >= 0.6 is 0 Å². The zero-order valence-corrected chi connectivity index (χ0v) is 6.73. The molecule has 0 aromatic heterocycles. The number of carboxylic acids is 1. The fourth-order valence-electron chi connectivity index (χ4n) is 0. The number of primary amides is 1. The summed E-state index contributed by atoms with van der Waals surface area (Å²) in [6.07, 6.45) is 1.06. The largest absolute Gasteiger partial charge is 0.480 e. The standard InChI is InChI=1S/C3H5NO.C2H4O3.CH4O/c1-2-3(4)5;3-1-2(4)5;1-2/h2H,1H2,(H2,4,5);3H,1H2,(H,4,5);2H,1H3. The van der Waals surface area contributed by atoms with Gasteiger partial charge in [0.05, 0.1) is 0 Å². The zero-order valence-electron chi connectivity index (χ0n) is 6.73. The molecule has 0 aliphatic carbocycles. The summed E-state index contributed by atoms with van der Waals surface area (Å²) in [5.74, 6) is -1.67. The third-order valence-corrected chi connectivity index (χ3v) is 0.336. The van der Waals surface area contributed by atoms with Crippen LogP contribution in [0.3, 0.4) is 0 Å². The molecule has 0 aromatic carbocycles. The van der Waals surface area contributed by atoms with Crippen molar-refractivity contribution < 1.29 is 24.9 Å². The number of carbonyl (C=O) groups is 2. The van der Waals surface area contributed by atoms with Crippen LogP contribution in [0.25, 0.3) is 0 Å². The number of rotatable bonds is 2. The van der Waals surface area contributed by atoms with Gasteiger partial charge in [-0.25, -0.2) is 4.79 Å². The van der Waals surface area contributed by atoms with Crippen molar-refractivity contribution in [3.05, 3.63) is 12.7 Å². The summed E-state index contributed by atoms with van der Waals surface area (Å²) < 4.78 is 0. The second kappa shape index (κ2) is 16.3. The fraction of sp³-hybridized carbons (Fsp3) is 0.333. The van der Waals surface area contributed by atoms with Gasteiger partial charge in [-0.3, -0.25) is 4.79 Å². The normalized spacial score (nSPS) is 6.25. The molecule has 0 fully saturated rings. The monoisotopic (exact) mass is 179 g/mol. The Kier molecular flexibility index (Phi) is 23.0. The summed E-state index contributed by atoms with van der Waals surface area (Å²) in [5, 5.41) is 22.0. The van der Waals surface area contributed by atoms with Gasteiger partial charge in [0.1, 0.15) is 6.61 Å². The van der Waals surface area contributed by atoms with E-state index in [1.807, 2.05) is 0 Å². The van der Waals surface area contributed by atoms with Crippen LogP contribution < -0.4 is 5.73 Å². The molecule has 72 valence electrons. The predicted octanol–water partition coefficient (Wildman–Crippen LogP) is -1.67. The number of aliphatic hydroxyl groups is 2. The summed E-state index contributed by atoms with van der Waals surface area (Å²) in [6.45, 7) is 2.31. The van der Waals surface area contributed by atoms with Crippen LogP contribution in [-0.4, -0.2) is 40.9 Å². The maximum absolute atomic E-state index is 9.47. The predicted molar refractivity (Wildman–Crippen MR) is 42.3 cm³/mol. The molecule has 0 aliphatic rings. The fourth-order valence-corrected chi connectivity index (χ4v) is 0.